The Morgan fingerprint density at radius 1 is 1.32 bits per heavy atom. The van der Waals surface area contributed by atoms with Crippen LogP contribution in [-0.4, -0.2) is 49.2 Å². The predicted molar refractivity (Wildman–Crippen MR) is 107 cm³/mol. The van der Waals surface area contributed by atoms with Crippen LogP contribution in [0.5, 0.6) is 0 Å². The SMILES string of the molecule is CC(C)(C)[Si](C)(C)O[C@@H]1C[C@@H](C=O)N(C(=O)OCc2ccc([N+](=O)[O-])cc2)C1. The molecule has 0 aromatic heterocycles. The van der Waals surface area contributed by atoms with Crippen LogP contribution >= 0.6 is 0 Å². The molecule has 0 N–H and O–H groups in total. The molecule has 1 amide bonds. The van der Waals surface area contributed by atoms with Gasteiger partial charge in [-0.15, -0.1) is 0 Å². The summed E-state index contributed by atoms with van der Waals surface area (Å²) in [6.45, 7) is 11.0. The number of rotatable bonds is 6. The number of carbonyl (C=O) groups excluding carboxylic acids is 2. The summed E-state index contributed by atoms with van der Waals surface area (Å²) in [6.07, 6.45) is 0.435. The lowest BCUT2D eigenvalue weighted by Gasteiger charge is -2.38. The largest absolute Gasteiger partial charge is 0.445 e. The van der Waals surface area contributed by atoms with Crippen molar-refractivity contribution in [1.29, 1.82) is 0 Å². The average Bonchev–Trinajstić information content (AvgIpc) is 3.01. The van der Waals surface area contributed by atoms with Crippen molar-refractivity contribution >= 4 is 26.4 Å². The molecule has 1 aromatic carbocycles. The second-order valence-corrected chi connectivity index (χ2v) is 13.3. The maximum absolute atomic E-state index is 12.5. The van der Waals surface area contributed by atoms with E-state index in [1.165, 1.54) is 29.2 Å². The Labute approximate surface area is 166 Å². The van der Waals surface area contributed by atoms with Gasteiger partial charge < -0.3 is 14.0 Å². The van der Waals surface area contributed by atoms with Crippen LogP contribution in [0.2, 0.25) is 18.1 Å². The molecule has 0 aliphatic carbocycles. The van der Waals surface area contributed by atoms with Crippen molar-refractivity contribution in [2.24, 2.45) is 0 Å². The van der Waals surface area contributed by atoms with Crippen LogP contribution in [0.1, 0.15) is 32.8 Å². The van der Waals surface area contributed by atoms with Gasteiger partial charge in [0.25, 0.3) is 5.69 Å². The lowest BCUT2D eigenvalue weighted by molar-refractivity contribution is -0.384. The van der Waals surface area contributed by atoms with Crippen LogP contribution in [0.3, 0.4) is 0 Å². The maximum Gasteiger partial charge on any atom is 0.410 e. The molecule has 1 aliphatic heterocycles. The number of aldehydes is 1. The number of nitrogens with zero attached hydrogens (tertiary/aromatic N) is 2. The molecular weight excluding hydrogens is 380 g/mol. The Bertz CT molecular complexity index is 729. The molecule has 154 valence electrons. The van der Waals surface area contributed by atoms with E-state index in [-0.39, 0.29) is 23.4 Å². The van der Waals surface area contributed by atoms with Gasteiger partial charge in [-0.3, -0.25) is 15.0 Å². The quantitative estimate of drug-likeness (QED) is 0.306. The van der Waals surface area contributed by atoms with Crippen LogP contribution in [0.15, 0.2) is 24.3 Å². The summed E-state index contributed by atoms with van der Waals surface area (Å²) in [5.74, 6) is 0. The van der Waals surface area contributed by atoms with E-state index >= 15 is 0 Å². The molecule has 1 aromatic rings. The molecule has 2 rings (SSSR count). The molecule has 1 heterocycles. The van der Waals surface area contributed by atoms with Gasteiger partial charge in [-0.05, 0) is 35.8 Å². The Kier molecular flexibility index (Phi) is 6.61. The van der Waals surface area contributed by atoms with Crippen molar-refractivity contribution in [3.63, 3.8) is 0 Å². The van der Waals surface area contributed by atoms with Gasteiger partial charge in [0.15, 0.2) is 8.32 Å². The van der Waals surface area contributed by atoms with E-state index < -0.39 is 25.4 Å². The maximum atomic E-state index is 12.5. The van der Waals surface area contributed by atoms with E-state index in [1.54, 1.807) is 0 Å². The monoisotopic (exact) mass is 408 g/mol. The summed E-state index contributed by atoms with van der Waals surface area (Å²) in [7, 11) is -2.01. The first-order valence-corrected chi connectivity index (χ1v) is 12.2. The van der Waals surface area contributed by atoms with Crippen LogP contribution in [0, 0.1) is 10.1 Å². The van der Waals surface area contributed by atoms with Crippen LogP contribution < -0.4 is 0 Å². The zero-order valence-electron chi connectivity index (χ0n) is 17.0. The number of nitro groups is 1. The number of carbonyl (C=O) groups is 2. The van der Waals surface area contributed by atoms with E-state index in [0.717, 1.165) is 6.29 Å². The van der Waals surface area contributed by atoms with Crippen LogP contribution in [0.25, 0.3) is 0 Å². The van der Waals surface area contributed by atoms with Gasteiger partial charge in [0, 0.05) is 25.1 Å². The summed E-state index contributed by atoms with van der Waals surface area (Å²) in [6, 6.07) is 5.22. The Morgan fingerprint density at radius 3 is 2.43 bits per heavy atom. The fourth-order valence-electron chi connectivity index (χ4n) is 2.79. The molecule has 1 saturated heterocycles. The third-order valence-corrected chi connectivity index (χ3v) is 10.0. The number of hydrogen-bond donors (Lipinski definition) is 0. The van der Waals surface area contributed by atoms with Gasteiger partial charge in [-0.25, -0.2) is 4.79 Å². The molecule has 0 spiro atoms. The van der Waals surface area contributed by atoms with Gasteiger partial charge in [0.05, 0.1) is 17.1 Å². The molecule has 0 radical (unpaired) electrons. The highest BCUT2D eigenvalue weighted by Crippen LogP contribution is 2.38. The fraction of sp³-hybridized carbons (Fsp3) is 0.579. The van der Waals surface area contributed by atoms with Crippen LogP contribution in [0.4, 0.5) is 10.5 Å². The molecule has 28 heavy (non-hydrogen) atoms. The van der Waals surface area contributed by atoms with E-state index in [9.17, 15) is 19.7 Å². The van der Waals surface area contributed by atoms with Crippen molar-refractivity contribution in [1.82, 2.24) is 4.90 Å². The molecular formula is C19H28N2O6Si. The molecule has 0 bridgehead atoms. The summed E-state index contributed by atoms with van der Waals surface area (Å²) in [5.41, 5.74) is 0.608. The normalized spacial score (nSPS) is 20.1. The third kappa shape index (κ3) is 5.17. The second-order valence-electron chi connectivity index (χ2n) is 8.57. The second kappa shape index (κ2) is 8.40. The average molecular weight is 409 g/mol. The predicted octanol–water partition coefficient (Wildman–Crippen LogP) is 3.90. The zero-order valence-corrected chi connectivity index (χ0v) is 18.0. The summed E-state index contributed by atoms with van der Waals surface area (Å²) < 4.78 is 11.6. The first-order chi connectivity index (χ1) is 12.9. The number of hydrogen-bond acceptors (Lipinski definition) is 6. The number of non-ortho nitro benzene ring substituents is 1. The molecule has 1 fully saturated rings. The third-order valence-electron chi connectivity index (χ3n) is 5.47. The van der Waals surface area contributed by atoms with Crippen molar-refractivity contribution in [3.05, 3.63) is 39.9 Å². The lowest BCUT2D eigenvalue weighted by Crippen LogP contribution is -2.44. The van der Waals surface area contributed by atoms with Crippen molar-refractivity contribution in [3.8, 4) is 0 Å². The fourth-order valence-corrected chi connectivity index (χ4v) is 4.14. The van der Waals surface area contributed by atoms with Gasteiger partial charge in [-0.2, -0.15) is 0 Å². The standard InChI is InChI=1S/C19H28N2O6Si/c1-19(2,3)28(4,5)27-17-10-16(12-22)20(11-17)18(23)26-13-14-6-8-15(9-7-14)21(24)25/h6-9,12,16-17H,10-11,13H2,1-5H3/t16-,17+/m0/s1. The van der Waals surface area contributed by atoms with E-state index in [2.05, 4.69) is 33.9 Å². The number of likely N-dealkylation sites (tertiary alicyclic amines) is 1. The Balaban J connectivity index is 1.96. The Hall–Kier alpha value is -2.26. The number of amides is 1. The number of nitro benzene ring substituents is 1. The number of ether oxygens (including phenoxy) is 1. The summed E-state index contributed by atoms with van der Waals surface area (Å²) >= 11 is 0. The van der Waals surface area contributed by atoms with Crippen molar-refractivity contribution < 1.29 is 23.7 Å². The minimum Gasteiger partial charge on any atom is -0.445 e. The molecule has 8 nitrogen and oxygen atoms in total. The minimum absolute atomic E-state index is 0.0212. The molecule has 0 unspecified atom stereocenters. The van der Waals surface area contributed by atoms with E-state index in [4.69, 9.17) is 9.16 Å². The number of benzene rings is 1. The van der Waals surface area contributed by atoms with Crippen molar-refractivity contribution in [2.45, 2.75) is 64.1 Å². The van der Waals surface area contributed by atoms with E-state index in [1.807, 2.05) is 0 Å². The topological polar surface area (TPSA) is 99.0 Å². The zero-order chi connectivity index (χ0) is 21.1. The first-order valence-electron chi connectivity index (χ1n) is 9.24. The summed E-state index contributed by atoms with van der Waals surface area (Å²) in [4.78, 5) is 35.5. The molecule has 9 heteroatoms. The smallest absolute Gasteiger partial charge is 0.410 e. The van der Waals surface area contributed by atoms with Crippen LogP contribution in [-0.2, 0) is 20.6 Å². The summed E-state index contributed by atoms with van der Waals surface area (Å²) in [5, 5.41) is 10.7. The van der Waals surface area contributed by atoms with Crippen molar-refractivity contribution in [2.75, 3.05) is 6.54 Å². The first kappa shape index (κ1) is 22.0. The molecule has 2 atom stereocenters. The highest BCUT2D eigenvalue weighted by Gasteiger charge is 2.43. The minimum atomic E-state index is -2.01. The lowest BCUT2D eigenvalue weighted by atomic mass is 10.2. The van der Waals surface area contributed by atoms with E-state index in [0.29, 0.717) is 18.5 Å². The molecule has 0 saturated carbocycles. The Morgan fingerprint density at radius 2 is 1.93 bits per heavy atom. The van der Waals surface area contributed by atoms with Gasteiger partial charge in [0.2, 0.25) is 0 Å². The molecule has 1 aliphatic rings. The highest BCUT2D eigenvalue weighted by molar-refractivity contribution is 6.74. The van der Waals surface area contributed by atoms with Gasteiger partial charge in [-0.1, -0.05) is 20.8 Å². The van der Waals surface area contributed by atoms with Gasteiger partial charge >= 0.3 is 6.09 Å². The highest BCUT2D eigenvalue weighted by atomic mass is 28.4. The van der Waals surface area contributed by atoms with Gasteiger partial charge in [0.1, 0.15) is 12.9 Å².